The summed E-state index contributed by atoms with van der Waals surface area (Å²) in [4.78, 5) is 4.43. The van der Waals surface area contributed by atoms with E-state index in [2.05, 4.69) is 29.3 Å². The Balaban J connectivity index is 1.52. The molecule has 1 aliphatic heterocycles. The summed E-state index contributed by atoms with van der Waals surface area (Å²) in [7, 11) is 0. The average Bonchev–Trinajstić information content (AvgIpc) is 2.61. The van der Waals surface area contributed by atoms with Gasteiger partial charge in [0.25, 0.3) is 0 Å². The van der Waals surface area contributed by atoms with Gasteiger partial charge in [-0.1, -0.05) is 36.4 Å². The van der Waals surface area contributed by atoms with Crippen LogP contribution in [0.5, 0.6) is 5.75 Å². The lowest BCUT2D eigenvalue weighted by Gasteiger charge is -2.18. The molecule has 2 heterocycles. The molecule has 0 spiro atoms. The molecule has 0 aliphatic carbocycles. The summed E-state index contributed by atoms with van der Waals surface area (Å²) in [5.41, 5.74) is 2.13. The maximum atomic E-state index is 5.74. The Kier molecular flexibility index (Phi) is 5.22. The lowest BCUT2D eigenvalue weighted by molar-refractivity contribution is 0.0787. The van der Waals surface area contributed by atoms with Gasteiger partial charge in [0.1, 0.15) is 12.4 Å². The lowest BCUT2D eigenvalue weighted by atomic mass is 9.99. The van der Waals surface area contributed by atoms with E-state index in [-0.39, 0.29) is 0 Å². The summed E-state index contributed by atoms with van der Waals surface area (Å²) >= 11 is 0. The van der Waals surface area contributed by atoms with Crippen LogP contribution in [0.25, 0.3) is 6.08 Å². The number of aromatic nitrogens is 1. The minimum Gasteiger partial charge on any atom is -0.487 e. The van der Waals surface area contributed by atoms with E-state index in [4.69, 9.17) is 9.47 Å². The molecule has 2 aromatic rings. The molecule has 0 N–H and O–H groups in total. The lowest BCUT2D eigenvalue weighted by Crippen LogP contribution is -2.13. The quantitative estimate of drug-likeness (QED) is 0.832. The van der Waals surface area contributed by atoms with Crippen LogP contribution in [-0.4, -0.2) is 18.2 Å². The third-order valence-electron chi connectivity index (χ3n) is 3.81. The van der Waals surface area contributed by atoms with Crippen molar-refractivity contribution in [2.45, 2.75) is 19.4 Å². The number of benzene rings is 1. The molecule has 3 heteroatoms. The summed E-state index contributed by atoms with van der Waals surface area (Å²) in [6.45, 7) is 2.31. The Morgan fingerprint density at radius 3 is 2.64 bits per heavy atom. The van der Waals surface area contributed by atoms with Crippen molar-refractivity contribution in [1.82, 2.24) is 4.98 Å². The monoisotopic (exact) mass is 295 g/mol. The Hall–Kier alpha value is -2.13. The van der Waals surface area contributed by atoms with Crippen molar-refractivity contribution >= 4 is 6.08 Å². The Bertz CT molecular complexity index is 587. The van der Waals surface area contributed by atoms with Crippen LogP contribution in [0.15, 0.2) is 54.7 Å². The number of hydrogen-bond acceptors (Lipinski definition) is 3. The highest BCUT2D eigenvalue weighted by molar-refractivity contribution is 5.45. The largest absolute Gasteiger partial charge is 0.487 e. The third kappa shape index (κ3) is 4.43. The van der Waals surface area contributed by atoms with E-state index >= 15 is 0 Å². The van der Waals surface area contributed by atoms with Crippen LogP contribution in [0.4, 0.5) is 0 Å². The van der Waals surface area contributed by atoms with E-state index in [1.54, 1.807) is 6.20 Å². The number of rotatable bonds is 5. The number of ether oxygens (including phenoxy) is 2. The molecule has 0 saturated carbocycles. The van der Waals surface area contributed by atoms with Gasteiger partial charge < -0.3 is 9.47 Å². The summed E-state index contributed by atoms with van der Waals surface area (Å²) < 4.78 is 11.1. The van der Waals surface area contributed by atoms with Crippen molar-refractivity contribution in [3.05, 3.63) is 66.0 Å². The minimum atomic E-state index is 0.569. The number of nitrogens with zero attached hydrogens (tertiary/aromatic N) is 1. The molecule has 1 saturated heterocycles. The second-order valence-corrected chi connectivity index (χ2v) is 5.50. The van der Waals surface area contributed by atoms with Gasteiger partial charge in [-0.2, -0.15) is 0 Å². The standard InChI is InChI=1S/C19H21NO2/c1-2-4-17(5-3-1)15-22-19-9-8-18(20-14-19)7-6-16-10-12-21-13-11-16/h1-9,14,16H,10-13,15H2/b7-6-. The first-order valence-corrected chi connectivity index (χ1v) is 7.79. The molecule has 1 fully saturated rings. The molecule has 3 rings (SSSR count). The zero-order valence-electron chi connectivity index (χ0n) is 12.7. The van der Waals surface area contributed by atoms with Crippen LogP contribution in [0.2, 0.25) is 0 Å². The Labute approximate surface area is 131 Å². The fourth-order valence-electron chi connectivity index (χ4n) is 2.46. The second-order valence-electron chi connectivity index (χ2n) is 5.50. The molecule has 0 unspecified atom stereocenters. The molecule has 0 radical (unpaired) electrons. The highest BCUT2D eigenvalue weighted by Gasteiger charge is 2.09. The van der Waals surface area contributed by atoms with Gasteiger partial charge in [0.05, 0.1) is 11.9 Å². The number of allylic oxidation sites excluding steroid dienone is 1. The van der Waals surface area contributed by atoms with Crippen molar-refractivity contribution in [1.29, 1.82) is 0 Å². The van der Waals surface area contributed by atoms with Crippen molar-refractivity contribution in [2.24, 2.45) is 5.92 Å². The Morgan fingerprint density at radius 1 is 1.09 bits per heavy atom. The maximum absolute atomic E-state index is 5.74. The number of pyridine rings is 1. The van der Waals surface area contributed by atoms with E-state index in [1.807, 2.05) is 30.3 Å². The highest BCUT2D eigenvalue weighted by atomic mass is 16.5. The fourth-order valence-corrected chi connectivity index (χ4v) is 2.46. The Morgan fingerprint density at radius 2 is 1.91 bits per heavy atom. The van der Waals surface area contributed by atoms with E-state index in [0.29, 0.717) is 12.5 Å². The molecule has 22 heavy (non-hydrogen) atoms. The first-order valence-electron chi connectivity index (χ1n) is 7.79. The van der Waals surface area contributed by atoms with E-state index < -0.39 is 0 Å². The van der Waals surface area contributed by atoms with Gasteiger partial charge in [0.15, 0.2) is 0 Å². The minimum absolute atomic E-state index is 0.569. The van der Waals surface area contributed by atoms with Crippen molar-refractivity contribution in [3.63, 3.8) is 0 Å². The predicted octanol–water partition coefficient (Wildman–Crippen LogP) is 4.10. The van der Waals surface area contributed by atoms with E-state index in [0.717, 1.165) is 43.1 Å². The molecule has 3 nitrogen and oxygen atoms in total. The summed E-state index contributed by atoms with van der Waals surface area (Å²) in [5, 5.41) is 0. The van der Waals surface area contributed by atoms with Crippen molar-refractivity contribution in [3.8, 4) is 5.75 Å². The smallest absolute Gasteiger partial charge is 0.138 e. The van der Waals surface area contributed by atoms with E-state index in [9.17, 15) is 0 Å². The van der Waals surface area contributed by atoms with Crippen LogP contribution in [0.3, 0.4) is 0 Å². The molecule has 0 amide bonds. The molecular weight excluding hydrogens is 274 g/mol. The average molecular weight is 295 g/mol. The van der Waals surface area contributed by atoms with Crippen LogP contribution >= 0.6 is 0 Å². The number of hydrogen-bond donors (Lipinski definition) is 0. The van der Waals surface area contributed by atoms with Gasteiger partial charge in [-0.3, -0.25) is 4.98 Å². The van der Waals surface area contributed by atoms with Gasteiger partial charge in [-0.05, 0) is 42.5 Å². The van der Waals surface area contributed by atoms with Crippen LogP contribution in [0, 0.1) is 5.92 Å². The molecule has 1 aromatic heterocycles. The van der Waals surface area contributed by atoms with Gasteiger partial charge in [-0.15, -0.1) is 0 Å². The molecular formula is C19H21NO2. The molecule has 114 valence electrons. The molecule has 1 aliphatic rings. The molecule has 1 aromatic carbocycles. The molecule has 0 atom stereocenters. The summed E-state index contributed by atoms with van der Waals surface area (Å²) in [5.74, 6) is 1.41. The predicted molar refractivity (Wildman–Crippen MR) is 87.6 cm³/mol. The normalized spacial score (nSPS) is 16.0. The molecule has 0 bridgehead atoms. The topological polar surface area (TPSA) is 31.4 Å². The van der Waals surface area contributed by atoms with Crippen LogP contribution < -0.4 is 4.74 Å². The van der Waals surface area contributed by atoms with Gasteiger partial charge in [-0.25, -0.2) is 0 Å². The third-order valence-corrected chi connectivity index (χ3v) is 3.81. The summed E-state index contributed by atoms with van der Waals surface area (Å²) in [6, 6.07) is 14.1. The second kappa shape index (κ2) is 7.76. The SMILES string of the molecule is C(=C/C1CCOCC1)/c1ccc(OCc2ccccc2)cn1. The van der Waals surface area contributed by atoms with Crippen LogP contribution in [0.1, 0.15) is 24.1 Å². The van der Waals surface area contributed by atoms with Crippen molar-refractivity contribution in [2.75, 3.05) is 13.2 Å². The first-order chi connectivity index (χ1) is 10.9. The highest BCUT2D eigenvalue weighted by Crippen LogP contribution is 2.18. The zero-order valence-corrected chi connectivity index (χ0v) is 12.7. The maximum Gasteiger partial charge on any atom is 0.138 e. The zero-order chi connectivity index (χ0) is 15.0. The van der Waals surface area contributed by atoms with Gasteiger partial charge in [0, 0.05) is 13.2 Å². The van der Waals surface area contributed by atoms with E-state index in [1.165, 1.54) is 0 Å². The van der Waals surface area contributed by atoms with Gasteiger partial charge in [0.2, 0.25) is 0 Å². The fraction of sp³-hybridized carbons (Fsp3) is 0.316. The van der Waals surface area contributed by atoms with Crippen molar-refractivity contribution < 1.29 is 9.47 Å². The first kappa shape index (κ1) is 14.8. The summed E-state index contributed by atoms with van der Waals surface area (Å²) in [6.07, 6.45) is 8.34. The van der Waals surface area contributed by atoms with Crippen LogP contribution in [-0.2, 0) is 11.3 Å². The van der Waals surface area contributed by atoms with Gasteiger partial charge >= 0.3 is 0 Å².